The van der Waals surface area contributed by atoms with Gasteiger partial charge in [0, 0.05) is 19.0 Å². The average Bonchev–Trinajstić information content (AvgIpc) is 3.14. The van der Waals surface area contributed by atoms with Gasteiger partial charge in [0.05, 0.1) is 12.6 Å². The minimum absolute atomic E-state index is 0.0254. The van der Waals surface area contributed by atoms with E-state index >= 15 is 0 Å². The molecule has 2 aliphatic rings. The second kappa shape index (κ2) is 8.49. The molecule has 1 aliphatic heterocycles. The Balaban J connectivity index is 1.63. The Morgan fingerprint density at radius 3 is 2.67 bits per heavy atom. The van der Waals surface area contributed by atoms with Gasteiger partial charge in [-0.2, -0.15) is 0 Å². The highest BCUT2D eigenvalue weighted by molar-refractivity contribution is 5.69. The van der Waals surface area contributed by atoms with Crippen molar-refractivity contribution < 1.29 is 19.4 Å². The van der Waals surface area contributed by atoms with Crippen molar-refractivity contribution in [1.29, 1.82) is 0 Å². The summed E-state index contributed by atoms with van der Waals surface area (Å²) in [6, 6.07) is -0.114. The number of aldehydes is 1. The number of likely N-dealkylation sites (tertiary alicyclic amines) is 1. The zero-order valence-electron chi connectivity index (χ0n) is 12.7. The van der Waals surface area contributed by atoms with Crippen LogP contribution in [-0.4, -0.2) is 54.1 Å². The van der Waals surface area contributed by atoms with E-state index in [2.05, 4.69) is 0 Å². The van der Waals surface area contributed by atoms with E-state index < -0.39 is 0 Å². The van der Waals surface area contributed by atoms with Gasteiger partial charge in [-0.1, -0.05) is 25.7 Å². The van der Waals surface area contributed by atoms with Crippen molar-refractivity contribution in [2.45, 2.75) is 63.5 Å². The molecule has 5 nitrogen and oxygen atoms in total. The first-order valence-corrected chi connectivity index (χ1v) is 8.22. The summed E-state index contributed by atoms with van der Waals surface area (Å²) in [7, 11) is 0. The van der Waals surface area contributed by atoms with Crippen molar-refractivity contribution >= 4 is 12.3 Å². The van der Waals surface area contributed by atoms with E-state index in [4.69, 9.17) is 4.74 Å². The third kappa shape index (κ3) is 4.78. The molecule has 0 radical (unpaired) electrons. The number of nitrogens with zero attached hydrogens (tertiary/aromatic N) is 1. The molecule has 0 aromatic rings. The largest absolute Gasteiger partial charge is 0.464 e. The Kier molecular flexibility index (Phi) is 6.64. The number of aliphatic hydroxyl groups excluding tert-OH is 1. The Hall–Kier alpha value is -0.940. The second-order valence-corrected chi connectivity index (χ2v) is 6.26. The van der Waals surface area contributed by atoms with E-state index in [0.29, 0.717) is 25.5 Å². The molecular formula is C16H27NO4. The third-order valence-corrected chi connectivity index (χ3v) is 4.90. The molecule has 5 heteroatoms. The van der Waals surface area contributed by atoms with Crippen LogP contribution < -0.4 is 0 Å². The van der Waals surface area contributed by atoms with E-state index in [9.17, 15) is 14.7 Å². The topological polar surface area (TPSA) is 66.8 Å². The summed E-state index contributed by atoms with van der Waals surface area (Å²) in [4.78, 5) is 24.7. The maximum absolute atomic E-state index is 11.7. The number of rotatable bonds is 8. The second-order valence-electron chi connectivity index (χ2n) is 6.26. The van der Waals surface area contributed by atoms with Crippen LogP contribution in [0.1, 0.15) is 51.4 Å². The van der Waals surface area contributed by atoms with E-state index in [1.54, 1.807) is 0 Å². The molecule has 0 amide bonds. The molecule has 1 saturated carbocycles. The molecule has 2 fully saturated rings. The van der Waals surface area contributed by atoms with Gasteiger partial charge in [0.25, 0.3) is 0 Å². The van der Waals surface area contributed by atoms with Gasteiger partial charge in [-0.05, 0) is 25.2 Å². The minimum Gasteiger partial charge on any atom is -0.464 e. The van der Waals surface area contributed by atoms with Crippen LogP contribution in [0, 0.1) is 5.92 Å². The lowest BCUT2D eigenvalue weighted by Gasteiger charge is -2.25. The van der Waals surface area contributed by atoms with Gasteiger partial charge in [-0.15, -0.1) is 0 Å². The lowest BCUT2D eigenvalue weighted by atomic mass is 10.0. The Labute approximate surface area is 126 Å². The van der Waals surface area contributed by atoms with Crippen LogP contribution in [0.25, 0.3) is 0 Å². The number of aliphatic hydroxyl groups is 1. The number of carbonyl (C=O) groups is 2. The summed E-state index contributed by atoms with van der Waals surface area (Å²) in [6.45, 7) is 0.897. The fourth-order valence-corrected chi connectivity index (χ4v) is 3.61. The molecule has 2 rings (SSSR count). The van der Waals surface area contributed by atoms with Crippen molar-refractivity contribution in [2.24, 2.45) is 5.92 Å². The SMILES string of the molecule is O=CC1CC[C@H](CO)N1CCOC(=O)CCC1CCCC1. The van der Waals surface area contributed by atoms with Gasteiger partial charge >= 0.3 is 5.97 Å². The summed E-state index contributed by atoms with van der Waals surface area (Å²) in [5.41, 5.74) is 0. The first-order valence-electron chi connectivity index (χ1n) is 8.22. The lowest BCUT2D eigenvalue weighted by Crippen LogP contribution is -2.41. The van der Waals surface area contributed by atoms with Gasteiger partial charge in [0.2, 0.25) is 0 Å². The smallest absolute Gasteiger partial charge is 0.305 e. The van der Waals surface area contributed by atoms with Gasteiger partial charge in [0.15, 0.2) is 0 Å². The van der Waals surface area contributed by atoms with Crippen LogP contribution in [0.15, 0.2) is 0 Å². The van der Waals surface area contributed by atoms with Gasteiger partial charge in [0.1, 0.15) is 12.9 Å². The summed E-state index contributed by atoms with van der Waals surface area (Å²) in [6.07, 6.45) is 9.08. The maximum atomic E-state index is 11.7. The molecule has 1 aliphatic carbocycles. The number of carbonyl (C=O) groups excluding carboxylic acids is 2. The highest BCUT2D eigenvalue weighted by Gasteiger charge is 2.32. The third-order valence-electron chi connectivity index (χ3n) is 4.90. The predicted molar refractivity (Wildman–Crippen MR) is 78.8 cm³/mol. The fraction of sp³-hybridized carbons (Fsp3) is 0.875. The van der Waals surface area contributed by atoms with Gasteiger partial charge in [-0.3, -0.25) is 9.69 Å². The number of hydrogen-bond acceptors (Lipinski definition) is 5. The van der Waals surface area contributed by atoms with Crippen molar-refractivity contribution in [1.82, 2.24) is 4.90 Å². The molecule has 0 spiro atoms. The molecule has 0 aromatic heterocycles. The van der Waals surface area contributed by atoms with Crippen LogP contribution in [0.2, 0.25) is 0 Å². The summed E-state index contributed by atoms with van der Waals surface area (Å²) >= 11 is 0. The van der Waals surface area contributed by atoms with E-state index in [0.717, 1.165) is 25.5 Å². The van der Waals surface area contributed by atoms with Crippen LogP contribution >= 0.6 is 0 Å². The molecular weight excluding hydrogens is 270 g/mol. The Morgan fingerprint density at radius 1 is 1.24 bits per heavy atom. The first-order chi connectivity index (χ1) is 10.2. The highest BCUT2D eigenvalue weighted by Crippen LogP contribution is 2.28. The number of ether oxygens (including phenoxy) is 1. The van der Waals surface area contributed by atoms with Crippen molar-refractivity contribution in [2.75, 3.05) is 19.8 Å². The molecule has 2 atom stereocenters. The Bertz CT molecular complexity index is 341. The average molecular weight is 297 g/mol. The standard InChI is InChI=1S/C16H27NO4/c18-11-14-6-7-15(12-19)17(14)9-10-21-16(20)8-5-13-3-1-2-4-13/h11,13-15,19H,1-10,12H2/t14?,15-/m1/s1. The highest BCUT2D eigenvalue weighted by atomic mass is 16.5. The van der Waals surface area contributed by atoms with Crippen molar-refractivity contribution in [3.05, 3.63) is 0 Å². The molecule has 120 valence electrons. The normalized spacial score (nSPS) is 27.1. The molecule has 0 aromatic carbocycles. The fourth-order valence-electron chi connectivity index (χ4n) is 3.61. The zero-order valence-corrected chi connectivity index (χ0v) is 12.7. The van der Waals surface area contributed by atoms with Crippen LogP contribution in [0.5, 0.6) is 0 Å². The molecule has 1 saturated heterocycles. The van der Waals surface area contributed by atoms with Gasteiger partial charge in [-0.25, -0.2) is 0 Å². The maximum Gasteiger partial charge on any atom is 0.305 e. The van der Waals surface area contributed by atoms with E-state index in [-0.39, 0.29) is 24.7 Å². The molecule has 1 heterocycles. The van der Waals surface area contributed by atoms with Gasteiger partial charge < -0.3 is 14.6 Å². The number of esters is 1. The molecule has 21 heavy (non-hydrogen) atoms. The Morgan fingerprint density at radius 2 is 2.00 bits per heavy atom. The van der Waals surface area contributed by atoms with E-state index in [1.165, 1.54) is 25.7 Å². The monoisotopic (exact) mass is 297 g/mol. The summed E-state index contributed by atoms with van der Waals surface area (Å²) in [5.74, 6) is 0.568. The van der Waals surface area contributed by atoms with Crippen molar-refractivity contribution in [3.63, 3.8) is 0 Å². The quantitative estimate of drug-likeness (QED) is 0.543. The summed E-state index contributed by atoms with van der Waals surface area (Å²) < 4.78 is 5.27. The van der Waals surface area contributed by atoms with Crippen LogP contribution in [0.4, 0.5) is 0 Å². The lowest BCUT2D eigenvalue weighted by molar-refractivity contribution is -0.144. The number of hydrogen-bond donors (Lipinski definition) is 1. The first kappa shape index (κ1) is 16.4. The van der Waals surface area contributed by atoms with Crippen LogP contribution in [0.3, 0.4) is 0 Å². The van der Waals surface area contributed by atoms with E-state index in [1.807, 2.05) is 4.90 Å². The summed E-state index contributed by atoms with van der Waals surface area (Å²) in [5, 5.41) is 9.30. The van der Waals surface area contributed by atoms with Crippen molar-refractivity contribution in [3.8, 4) is 0 Å². The molecule has 0 bridgehead atoms. The molecule has 1 unspecified atom stereocenters. The zero-order chi connectivity index (χ0) is 15.1. The predicted octanol–water partition coefficient (Wildman–Crippen LogP) is 1.52. The molecule has 1 N–H and O–H groups in total. The minimum atomic E-state index is -0.139. The van der Waals surface area contributed by atoms with Crippen LogP contribution in [-0.2, 0) is 14.3 Å².